The number of esters is 1. The fraction of sp³-hybridized carbons (Fsp3) is 0.357. The minimum atomic E-state index is -0.217. The van der Waals surface area contributed by atoms with Crippen LogP contribution in [0.5, 0.6) is 0 Å². The normalized spacial score (nSPS) is 10.6. The molecular formula is C14H16BrN3O3. The summed E-state index contributed by atoms with van der Waals surface area (Å²) < 4.78 is 10.9. The summed E-state index contributed by atoms with van der Waals surface area (Å²) >= 11 is 3.40. The van der Waals surface area contributed by atoms with Gasteiger partial charge in [-0.05, 0) is 19.1 Å². The second kappa shape index (κ2) is 7.90. The van der Waals surface area contributed by atoms with Crippen molar-refractivity contribution in [1.82, 2.24) is 15.5 Å². The average Bonchev–Trinajstić information content (AvgIpc) is 2.93. The van der Waals surface area contributed by atoms with E-state index >= 15 is 0 Å². The van der Waals surface area contributed by atoms with Gasteiger partial charge in [0.1, 0.15) is 0 Å². The molecular weight excluding hydrogens is 338 g/mol. The lowest BCUT2D eigenvalue weighted by atomic mass is 10.2. The molecule has 112 valence electrons. The Balaban J connectivity index is 1.82. The molecule has 0 saturated carbocycles. The molecule has 0 fully saturated rings. The lowest BCUT2D eigenvalue weighted by Gasteiger charge is -2.01. The van der Waals surface area contributed by atoms with Crippen molar-refractivity contribution in [2.45, 2.75) is 19.9 Å². The molecule has 1 aromatic carbocycles. The SMILES string of the molecule is CCOC(=O)CCNCc1nc(-c2cccc(Br)c2)no1. The maximum atomic E-state index is 11.2. The number of nitrogens with one attached hydrogen (secondary N) is 1. The minimum absolute atomic E-state index is 0.217. The summed E-state index contributed by atoms with van der Waals surface area (Å²) in [5.41, 5.74) is 0.880. The zero-order valence-corrected chi connectivity index (χ0v) is 13.2. The van der Waals surface area contributed by atoms with Gasteiger partial charge in [-0.25, -0.2) is 0 Å². The molecule has 1 heterocycles. The minimum Gasteiger partial charge on any atom is -0.466 e. The van der Waals surface area contributed by atoms with E-state index < -0.39 is 0 Å². The Labute approximate surface area is 131 Å². The number of nitrogens with zero attached hydrogens (tertiary/aromatic N) is 2. The van der Waals surface area contributed by atoms with Crippen molar-refractivity contribution < 1.29 is 14.1 Å². The molecule has 0 bridgehead atoms. The summed E-state index contributed by atoms with van der Waals surface area (Å²) in [4.78, 5) is 15.5. The topological polar surface area (TPSA) is 77.2 Å². The molecule has 1 aromatic heterocycles. The summed E-state index contributed by atoms with van der Waals surface area (Å²) in [7, 11) is 0. The number of hydrogen-bond donors (Lipinski definition) is 1. The van der Waals surface area contributed by atoms with Crippen LogP contribution >= 0.6 is 15.9 Å². The second-order valence-electron chi connectivity index (χ2n) is 4.25. The molecule has 6 nitrogen and oxygen atoms in total. The Morgan fingerprint density at radius 3 is 3.10 bits per heavy atom. The van der Waals surface area contributed by atoms with Gasteiger partial charge in [0.25, 0.3) is 0 Å². The predicted molar refractivity (Wildman–Crippen MR) is 80.4 cm³/mol. The summed E-state index contributed by atoms with van der Waals surface area (Å²) in [5, 5.41) is 6.99. The van der Waals surface area contributed by atoms with E-state index in [4.69, 9.17) is 9.26 Å². The molecule has 21 heavy (non-hydrogen) atoms. The van der Waals surface area contributed by atoms with Crippen LogP contribution in [0.2, 0.25) is 0 Å². The van der Waals surface area contributed by atoms with Gasteiger partial charge in [-0.1, -0.05) is 33.2 Å². The molecule has 0 unspecified atom stereocenters. The first-order valence-corrected chi connectivity index (χ1v) is 7.43. The third-order valence-electron chi connectivity index (χ3n) is 2.64. The van der Waals surface area contributed by atoms with Crippen molar-refractivity contribution in [1.29, 1.82) is 0 Å². The number of carbonyl (C=O) groups is 1. The van der Waals surface area contributed by atoms with Crippen LogP contribution in [0.4, 0.5) is 0 Å². The molecule has 2 aromatic rings. The van der Waals surface area contributed by atoms with Gasteiger partial charge in [0, 0.05) is 16.6 Å². The maximum absolute atomic E-state index is 11.2. The molecule has 2 rings (SSSR count). The number of carbonyl (C=O) groups excluding carboxylic acids is 1. The maximum Gasteiger partial charge on any atom is 0.307 e. The van der Waals surface area contributed by atoms with Gasteiger partial charge >= 0.3 is 5.97 Å². The first kappa shape index (κ1) is 15.7. The Hall–Kier alpha value is -1.73. The lowest BCUT2D eigenvalue weighted by Crippen LogP contribution is -2.19. The van der Waals surface area contributed by atoms with Gasteiger partial charge in [-0.15, -0.1) is 0 Å². The number of aromatic nitrogens is 2. The van der Waals surface area contributed by atoms with Crippen LogP contribution in [0, 0.1) is 0 Å². The Bertz CT molecular complexity index is 601. The monoisotopic (exact) mass is 353 g/mol. The molecule has 0 saturated heterocycles. The van der Waals surface area contributed by atoms with E-state index in [-0.39, 0.29) is 5.97 Å². The highest BCUT2D eigenvalue weighted by Crippen LogP contribution is 2.20. The molecule has 0 aliphatic carbocycles. The summed E-state index contributed by atoms with van der Waals surface area (Å²) in [6.45, 7) is 3.11. The predicted octanol–water partition coefficient (Wildman–Crippen LogP) is 2.54. The summed E-state index contributed by atoms with van der Waals surface area (Å²) in [6, 6.07) is 7.67. The van der Waals surface area contributed by atoms with Crippen LogP contribution in [0.1, 0.15) is 19.2 Å². The van der Waals surface area contributed by atoms with Gasteiger partial charge in [-0.2, -0.15) is 4.98 Å². The highest BCUT2D eigenvalue weighted by atomic mass is 79.9. The first-order chi connectivity index (χ1) is 10.2. The number of hydrogen-bond acceptors (Lipinski definition) is 6. The molecule has 0 atom stereocenters. The average molecular weight is 354 g/mol. The van der Waals surface area contributed by atoms with Crippen LogP contribution in [0.3, 0.4) is 0 Å². The van der Waals surface area contributed by atoms with Crippen LogP contribution in [0.15, 0.2) is 33.3 Å². The molecule has 0 radical (unpaired) electrons. The standard InChI is InChI=1S/C14H16BrN3O3/c1-2-20-13(19)6-7-16-9-12-17-14(18-21-12)10-4-3-5-11(15)8-10/h3-5,8,16H,2,6-7,9H2,1H3. The van der Waals surface area contributed by atoms with E-state index in [2.05, 4.69) is 31.4 Å². The van der Waals surface area contributed by atoms with E-state index in [0.29, 0.717) is 37.8 Å². The quantitative estimate of drug-likeness (QED) is 0.608. The van der Waals surface area contributed by atoms with Crippen molar-refractivity contribution in [3.63, 3.8) is 0 Å². The molecule has 1 N–H and O–H groups in total. The summed E-state index contributed by atoms with van der Waals surface area (Å²) in [5.74, 6) is 0.803. The van der Waals surface area contributed by atoms with Crippen molar-refractivity contribution in [3.05, 3.63) is 34.6 Å². The Morgan fingerprint density at radius 2 is 2.33 bits per heavy atom. The number of halogens is 1. The zero-order valence-electron chi connectivity index (χ0n) is 11.6. The van der Waals surface area contributed by atoms with Gasteiger partial charge in [0.05, 0.1) is 19.6 Å². The highest BCUT2D eigenvalue weighted by molar-refractivity contribution is 9.10. The van der Waals surface area contributed by atoms with Crippen molar-refractivity contribution in [3.8, 4) is 11.4 Å². The van der Waals surface area contributed by atoms with E-state index in [1.54, 1.807) is 6.92 Å². The number of ether oxygens (including phenoxy) is 1. The summed E-state index contributed by atoms with van der Waals surface area (Å²) in [6.07, 6.45) is 0.320. The van der Waals surface area contributed by atoms with Crippen LogP contribution < -0.4 is 5.32 Å². The molecule has 0 aliphatic heterocycles. The van der Waals surface area contributed by atoms with Crippen molar-refractivity contribution >= 4 is 21.9 Å². The fourth-order valence-electron chi connectivity index (χ4n) is 1.69. The largest absolute Gasteiger partial charge is 0.466 e. The van der Waals surface area contributed by atoms with E-state index in [1.165, 1.54) is 0 Å². The van der Waals surface area contributed by atoms with Gasteiger partial charge in [-0.3, -0.25) is 4.79 Å². The number of benzene rings is 1. The van der Waals surface area contributed by atoms with Gasteiger partial charge in [0.15, 0.2) is 0 Å². The first-order valence-electron chi connectivity index (χ1n) is 6.64. The highest BCUT2D eigenvalue weighted by Gasteiger charge is 2.09. The van der Waals surface area contributed by atoms with Gasteiger partial charge in [0.2, 0.25) is 11.7 Å². The van der Waals surface area contributed by atoms with Crippen molar-refractivity contribution in [2.24, 2.45) is 0 Å². The fourth-order valence-corrected chi connectivity index (χ4v) is 2.09. The van der Waals surface area contributed by atoms with E-state index in [0.717, 1.165) is 10.0 Å². The zero-order chi connectivity index (χ0) is 15.1. The molecule has 0 amide bonds. The smallest absolute Gasteiger partial charge is 0.307 e. The lowest BCUT2D eigenvalue weighted by molar-refractivity contribution is -0.142. The van der Waals surface area contributed by atoms with Crippen molar-refractivity contribution in [2.75, 3.05) is 13.2 Å². The second-order valence-corrected chi connectivity index (χ2v) is 5.17. The third kappa shape index (κ3) is 4.95. The number of rotatable bonds is 7. The van der Waals surface area contributed by atoms with Crippen LogP contribution in [-0.2, 0) is 16.1 Å². The molecule has 7 heteroatoms. The van der Waals surface area contributed by atoms with Gasteiger partial charge < -0.3 is 14.6 Å². The Kier molecular flexibility index (Phi) is 5.89. The Morgan fingerprint density at radius 1 is 1.48 bits per heavy atom. The van der Waals surface area contributed by atoms with Crippen LogP contribution in [0.25, 0.3) is 11.4 Å². The van der Waals surface area contributed by atoms with E-state index in [9.17, 15) is 4.79 Å². The third-order valence-corrected chi connectivity index (χ3v) is 3.13. The van der Waals surface area contributed by atoms with E-state index in [1.807, 2.05) is 24.3 Å². The molecule has 0 aliphatic rings. The van der Waals surface area contributed by atoms with Crippen LogP contribution in [-0.4, -0.2) is 29.3 Å². The molecule has 0 spiro atoms.